The summed E-state index contributed by atoms with van der Waals surface area (Å²) in [5.74, 6) is 0. The van der Waals surface area contributed by atoms with Crippen molar-refractivity contribution in [2.45, 2.75) is 51.6 Å². The Morgan fingerprint density at radius 2 is 2.20 bits per heavy atom. The predicted octanol–water partition coefficient (Wildman–Crippen LogP) is 2.20. The Bertz CT molecular complexity index is 186. The van der Waals surface area contributed by atoms with E-state index in [0.29, 0.717) is 12.5 Å². The van der Waals surface area contributed by atoms with Crippen LogP contribution in [-0.4, -0.2) is 42.8 Å². The number of hydrogen-bond acceptors (Lipinski definition) is 2. The molecule has 1 saturated heterocycles. The summed E-state index contributed by atoms with van der Waals surface area (Å²) in [7, 11) is 0. The lowest BCUT2D eigenvalue weighted by Crippen LogP contribution is -2.63. The summed E-state index contributed by atoms with van der Waals surface area (Å²) in [6, 6.07) is 0.587. The number of nitrogens with one attached hydrogen (secondary N) is 1. The molecule has 0 spiro atoms. The van der Waals surface area contributed by atoms with Crippen LogP contribution in [-0.2, 0) is 0 Å². The summed E-state index contributed by atoms with van der Waals surface area (Å²) in [6.07, 6.45) is 2.96. The van der Waals surface area contributed by atoms with Crippen molar-refractivity contribution in [1.29, 1.82) is 0 Å². The first-order valence-corrected chi connectivity index (χ1v) is 6.20. The molecular weight excluding hydrogens is 191 g/mol. The van der Waals surface area contributed by atoms with Crippen LogP contribution in [0.2, 0.25) is 0 Å². The molecule has 1 rings (SSSR count). The highest BCUT2D eigenvalue weighted by atomic mass is 19.1. The van der Waals surface area contributed by atoms with Crippen molar-refractivity contribution in [3.63, 3.8) is 0 Å². The zero-order valence-corrected chi connectivity index (χ0v) is 10.4. The summed E-state index contributed by atoms with van der Waals surface area (Å²) in [4.78, 5) is 2.47. The van der Waals surface area contributed by atoms with Gasteiger partial charge < -0.3 is 5.32 Å². The number of halogens is 1. The van der Waals surface area contributed by atoms with E-state index in [1.807, 2.05) is 0 Å². The molecular formula is C12H25FN2. The maximum Gasteiger partial charge on any atom is 0.0906 e. The third-order valence-corrected chi connectivity index (χ3v) is 3.79. The second-order valence-corrected chi connectivity index (χ2v) is 4.83. The molecule has 3 heteroatoms. The number of nitrogens with zero attached hydrogens (tertiary/aromatic N) is 1. The zero-order valence-electron chi connectivity index (χ0n) is 10.4. The summed E-state index contributed by atoms with van der Waals surface area (Å²) in [5.41, 5.74) is 0.223. The Morgan fingerprint density at radius 3 is 2.73 bits per heavy atom. The lowest BCUT2D eigenvalue weighted by Gasteiger charge is -2.48. The van der Waals surface area contributed by atoms with Crippen LogP contribution in [0.3, 0.4) is 0 Å². The highest BCUT2D eigenvalue weighted by molar-refractivity contribution is 4.94. The molecule has 0 aromatic carbocycles. The largest absolute Gasteiger partial charge is 0.311 e. The molecule has 2 nitrogen and oxygen atoms in total. The molecule has 1 heterocycles. The summed E-state index contributed by atoms with van der Waals surface area (Å²) in [5, 5.41) is 3.58. The highest BCUT2D eigenvalue weighted by Crippen LogP contribution is 2.23. The van der Waals surface area contributed by atoms with Gasteiger partial charge >= 0.3 is 0 Å². The first-order valence-electron chi connectivity index (χ1n) is 6.20. The van der Waals surface area contributed by atoms with Crippen molar-refractivity contribution in [1.82, 2.24) is 10.2 Å². The monoisotopic (exact) mass is 216 g/mol. The minimum atomic E-state index is -0.194. The fraction of sp³-hybridized carbons (Fsp3) is 1.00. The van der Waals surface area contributed by atoms with Crippen LogP contribution in [0.4, 0.5) is 4.39 Å². The Kier molecular flexibility index (Phi) is 5.00. The average molecular weight is 216 g/mol. The van der Waals surface area contributed by atoms with Crippen molar-refractivity contribution in [2.75, 3.05) is 26.3 Å². The fourth-order valence-corrected chi connectivity index (χ4v) is 2.26. The lowest BCUT2D eigenvalue weighted by molar-refractivity contribution is 0.0456. The zero-order chi connectivity index (χ0) is 11.3. The number of hydrogen-bond donors (Lipinski definition) is 1. The third-order valence-electron chi connectivity index (χ3n) is 3.79. The fourth-order valence-electron chi connectivity index (χ4n) is 2.26. The van der Waals surface area contributed by atoms with Gasteiger partial charge in [0.2, 0.25) is 0 Å². The summed E-state index contributed by atoms with van der Waals surface area (Å²) >= 11 is 0. The van der Waals surface area contributed by atoms with E-state index in [2.05, 4.69) is 31.0 Å². The Labute approximate surface area is 93.2 Å². The van der Waals surface area contributed by atoms with E-state index in [1.54, 1.807) is 0 Å². The van der Waals surface area contributed by atoms with Gasteiger partial charge in [-0.1, -0.05) is 13.8 Å². The summed E-state index contributed by atoms with van der Waals surface area (Å²) in [6.45, 7) is 9.52. The average Bonchev–Trinajstić information content (AvgIpc) is 2.28. The van der Waals surface area contributed by atoms with E-state index < -0.39 is 0 Å². The molecule has 15 heavy (non-hydrogen) atoms. The van der Waals surface area contributed by atoms with Crippen molar-refractivity contribution < 1.29 is 4.39 Å². The predicted molar refractivity (Wildman–Crippen MR) is 62.9 cm³/mol. The van der Waals surface area contributed by atoms with Gasteiger partial charge in [-0.05, 0) is 26.2 Å². The van der Waals surface area contributed by atoms with Gasteiger partial charge in [-0.25, -0.2) is 0 Å². The molecule has 1 N–H and O–H groups in total. The first-order chi connectivity index (χ1) is 7.16. The van der Waals surface area contributed by atoms with Crippen LogP contribution in [0, 0.1) is 0 Å². The van der Waals surface area contributed by atoms with Gasteiger partial charge in [-0.3, -0.25) is 9.29 Å². The van der Waals surface area contributed by atoms with Crippen LogP contribution in [0.5, 0.6) is 0 Å². The molecule has 0 aromatic rings. The Hall–Kier alpha value is -0.150. The molecule has 0 aromatic heterocycles. The van der Waals surface area contributed by atoms with Gasteiger partial charge in [-0.15, -0.1) is 0 Å². The van der Waals surface area contributed by atoms with Gasteiger partial charge in [0, 0.05) is 31.2 Å². The smallest absolute Gasteiger partial charge is 0.0906 e. The van der Waals surface area contributed by atoms with Crippen LogP contribution in [0.15, 0.2) is 0 Å². The van der Waals surface area contributed by atoms with Gasteiger partial charge in [0.05, 0.1) is 6.67 Å². The second-order valence-electron chi connectivity index (χ2n) is 4.83. The second kappa shape index (κ2) is 5.80. The molecule has 2 unspecified atom stereocenters. The van der Waals surface area contributed by atoms with E-state index in [1.165, 1.54) is 0 Å². The van der Waals surface area contributed by atoms with Crippen molar-refractivity contribution in [2.24, 2.45) is 0 Å². The number of rotatable bonds is 5. The van der Waals surface area contributed by atoms with Crippen LogP contribution < -0.4 is 5.32 Å². The van der Waals surface area contributed by atoms with E-state index >= 15 is 0 Å². The minimum absolute atomic E-state index is 0.194. The standard InChI is InChI=1S/C12H25FN2/c1-4-11-9-15(8-6-7-13)12(3,5-2)10-14-11/h11,14H,4-10H2,1-3H3. The van der Waals surface area contributed by atoms with Gasteiger partial charge in [0.1, 0.15) is 0 Å². The van der Waals surface area contributed by atoms with Crippen LogP contribution in [0.1, 0.15) is 40.0 Å². The molecule has 2 atom stereocenters. The molecule has 1 aliphatic rings. The van der Waals surface area contributed by atoms with Crippen LogP contribution >= 0.6 is 0 Å². The molecule has 0 radical (unpaired) electrons. The maximum absolute atomic E-state index is 12.2. The molecule has 90 valence electrons. The minimum Gasteiger partial charge on any atom is -0.311 e. The highest BCUT2D eigenvalue weighted by Gasteiger charge is 2.35. The summed E-state index contributed by atoms with van der Waals surface area (Å²) < 4.78 is 12.2. The SMILES string of the molecule is CCC1CN(CCCF)C(C)(CC)CN1. The first kappa shape index (κ1) is 12.9. The molecule has 0 aliphatic carbocycles. The van der Waals surface area contributed by atoms with Gasteiger partial charge in [0.25, 0.3) is 0 Å². The topological polar surface area (TPSA) is 15.3 Å². The normalized spacial score (nSPS) is 33.2. The van der Waals surface area contributed by atoms with Gasteiger partial charge in [0.15, 0.2) is 0 Å². The molecule has 0 amide bonds. The van der Waals surface area contributed by atoms with E-state index in [0.717, 1.165) is 32.5 Å². The Morgan fingerprint density at radius 1 is 1.47 bits per heavy atom. The van der Waals surface area contributed by atoms with E-state index in [-0.39, 0.29) is 12.2 Å². The lowest BCUT2D eigenvalue weighted by atomic mass is 9.91. The quantitative estimate of drug-likeness (QED) is 0.758. The van der Waals surface area contributed by atoms with Crippen molar-refractivity contribution in [3.05, 3.63) is 0 Å². The van der Waals surface area contributed by atoms with Gasteiger partial charge in [-0.2, -0.15) is 0 Å². The molecule has 1 fully saturated rings. The molecule has 0 bridgehead atoms. The number of alkyl halides is 1. The van der Waals surface area contributed by atoms with Crippen molar-refractivity contribution in [3.8, 4) is 0 Å². The Balaban J connectivity index is 2.56. The van der Waals surface area contributed by atoms with E-state index in [9.17, 15) is 4.39 Å². The number of piperazine rings is 1. The molecule has 0 saturated carbocycles. The third kappa shape index (κ3) is 3.15. The maximum atomic E-state index is 12.2. The van der Waals surface area contributed by atoms with Crippen molar-refractivity contribution >= 4 is 0 Å². The molecule has 1 aliphatic heterocycles. The van der Waals surface area contributed by atoms with E-state index in [4.69, 9.17) is 0 Å². The van der Waals surface area contributed by atoms with Crippen LogP contribution in [0.25, 0.3) is 0 Å².